The van der Waals surface area contributed by atoms with Crippen molar-refractivity contribution in [3.63, 3.8) is 0 Å². The van der Waals surface area contributed by atoms with E-state index < -0.39 is 0 Å². The molecule has 142 valence electrons. The van der Waals surface area contributed by atoms with Crippen LogP contribution in [0, 0.1) is 0 Å². The molecule has 2 amide bonds. The Morgan fingerprint density at radius 3 is 2.56 bits per heavy atom. The van der Waals surface area contributed by atoms with Gasteiger partial charge >= 0.3 is 6.09 Å². The minimum absolute atomic E-state index is 0.209. The number of piperidine rings is 1. The summed E-state index contributed by atoms with van der Waals surface area (Å²) < 4.78 is 5.02. The largest absolute Gasteiger partial charge is 0.450 e. The number of hydrogen-bond donors (Lipinski definition) is 2. The maximum atomic E-state index is 12.1. The maximum Gasteiger partial charge on any atom is 0.409 e. The fourth-order valence-electron chi connectivity index (χ4n) is 2.79. The molecule has 1 aliphatic heterocycles. The second-order valence-electron chi connectivity index (χ2n) is 6.10. The molecule has 0 unspecified atom stereocenters. The van der Waals surface area contributed by atoms with Crippen molar-refractivity contribution in [3.8, 4) is 0 Å². The standard InChI is InChI=1S/C18H22N6O3/c1-2-27-18(26)24-10-7-14(8-11-24)20-15-5-6-16(23-22-15)21-17(25)13-4-3-9-19-12-13/h3-6,9,12,14H,2,7-8,10-11H2,1H3,(H,20,22)(H,21,23,25). The molecule has 1 aliphatic rings. The molecule has 0 bridgehead atoms. The summed E-state index contributed by atoms with van der Waals surface area (Å²) >= 11 is 0. The highest BCUT2D eigenvalue weighted by atomic mass is 16.6. The molecule has 3 heterocycles. The zero-order chi connectivity index (χ0) is 19.1. The van der Waals surface area contributed by atoms with Gasteiger partial charge in [0.2, 0.25) is 0 Å². The van der Waals surface area contributed by atoms with Gasteiger partial charge in [-0.05, 0) is 44.0 Å². The van der Waals surface area contributed by atoms with Crippen LogP contribution < -0.4 is 10.6 Å². The average molecular weight is 370 g/mol. The number of carbonyl (C=O) groups excluding carboxylic acids is 2. The lowest BCUT2D eigenvalue weighted by molar-refractivity contribution is 0.0981. The molecule has 0 aromatic carbocycles. The van der Waals surface area contributed by atoms with Crippen LogP contribution in [0.4, 0.5) is 16.4 Å². The molecule has 0 atom stereocenters. The lowest BCUT2D eigenvalue weighted by Crippen LogP contribution is -2.42. The summed E-state index contributed by atoms with van der Waals surface area (Å²) in [5.74, 6) is 0.708. The second kappa shape index (κ2) is 8.93. The number of anilines is 2. The third kappa shape index (κ3) is 5.13. The van der Waals surface area contributed by atoms with Gasteiger partial charge in [-0.25, -0.2) is 4.79 Å². The number of pyridine rings is 1. The highest BCUT2D eigenvalue weighted by Gasteiger charge is 2.23. The Bertz CT molecular complexity index is 760. The van der Waals surface area contributed by atoms with Crippen molar-refractivity contribution in [1.82, 2.24) is 20.1 Å². The lowest BCUT2D eigenvalue weighted by Gasteiger charge is -2.31. The Kier molecular flexibility index (Phi) is 6.14. The number of likely N-dealkylation sites (tertiary alicyclic amines) is 1. The van der Waals surface area contributed by atoms with Crippen molar-refractivity contribution in [2.75, 3.05) is 30.3 Å². The van der Waals surface area contributed by atoms with Gasteiger partial charge in [0.15, 0.2) is 5.82 Å². The zero-order valence-corrected chi connectivity index (χ0v) is 15.1. The third-order valence-corrected chi connectivity index (χ3v) is 4.20. The van der Waals surface area contributed by atoms with E-state index in [-0.39, 0.29) is 18.0 Å². The monoisotopic (exact) mass is 370 g/mol. The minimum Gasteiger partial charge on any atom is -0.450 e. The molecule has 2 aromatic rings. The molecule has 9 nitrogen and oxygen atoms in total. The molecular formula is C18H22N6O3. The van der Waals surface area contributed by atoms with Gasteiger partial charge in [-0.15, -0.1) is 10.2 Å². The van der Waals surface area contributed by atoms with Gasteiger partial charge in [0.05, 0.1) is 12.2 Å². The number of rotatable bonds is 5. The van der Waals surface area contributed by atoms with Gasteiger partial charge in [-0.2, -0.15) is 0 Å². The molecule has 1 fully saturated rings. The van der Waals surface area contributed by atoms with Gasteiger partial charge in [0.25, 0.3) is 5.91 Å². The highest BCUT2D eigenvalue weighted by Crippen LogP contribution is 2.16. The third-order valence-electron chi connectivity index (χ3n) is 4.20. The first-order valence-corrected chi connectivity index (χ1v) is 8.89. The molecule has 3 rings (SSSR count). The van der Waals surface area contributed by atoms with Crippen LogP contribution in [0.1, 0.15) is 30.1 Å². The van der Waals surface area contributed by atoms with Crippen LogP contribution in [-0.4, -0.2) is 57.8 Å². The van der Waals surface area contributed by atoms with Crippen LogP contribution >= 0.6 is 0 Å². The van der Waals surface area contributed by atoms with Crippen LogP contribution in [0.5, 0.6) is 0 Å². The van der Waals surface area contributed by atoms with Crippen LogP contribution in [0.2, 0.25) is 0 Å². The topological polar surface area (TPSA) is 109 Å². The highest BCUT2D eigenvalue weighted by molar-refractivity contribution is 6.03. The van der Waals surface area contributed by atoms with E-state index in [1.54, 1.807) is 42.3 Å². The van der Waals surface area contributed by atoms with Crippen molar-refractivity contribution in [2.45, 2.75) is 25.8 Å². The Hall–Kier alpha value is -3.23. The molecule has 0 radical (unpaired) electrons. The first-order chi connectivity index (χ1) is 13.2. The van der Waals surface area contributed by atoms with Crippen molar-refractivity contribution < 1.29 is 14.3 Å². The van der Waals surface area contributed by atoms with E-state index in [1.165, 1.54) is 6.20 Å². The van der Waals surface area contributed by atoms with Gasteiger partial charge in [0, 0.05) is 31.5 Å². The van der Waals surface area contributed by atoms with E-state index in [0.717, 1.165) is 12.8 Å². The Balaban J connectivity index is 1.48. The summed E-state index contributed by atoms with van der Waals surface area (Å²) in [7, 11) is 0. The lowest BCUT2D eigenvalue weighted by atomic mass is 10.1. The number of ether oxygens (including phenoxy) is 1. The molecule has 0 saturated carbocycles. The Labute approximate surface area is 157 Å². The molecule has 0 spiro atoms. The number of amides is 2. The Morgan fingerprint density at radius 2 is 1.93 bits per heavy atom. The average Bonchev–Trinajstić information content (AvgIpc) is 2.71. The van der Waals surface area contributed by atoms with E-state index in [9.17, 15) is 9.59 Å². The molecule has 2 N–H and O–H groups in total. The minimum atomic E-state index is -0.288. The van der Waals surface area contributed by atoms with Crippen LogP contribution in [0.15, 0.2) is 36.7 Å². The Morgan fingerprint density at radius 1 is 1.19 bits per heavy atom. The molecule has 0 aliphatic carbocycles. The smallest absolute Gasteiger partial charge is 0.409 e. The number of nitrogens with one attached hydrogen (secondary N) is 2. The predicted molar refractivity (Wildman–Crippen MR) is 99.5 cm³/mol. The molecule has 2 aromatic heterocycles. The second-order valence-corrected chi connectivity index (χ2v) is 6.10. The van der Waals surface area contributed by atoms with Gasteiger partial charge in [-0.3, -0.25) is 9.78 Å². The summed E-state index contributed by atoms with van der Waals surface area (Å²) in [5.41, 5.74) is 0.454. The quantitative estimate of drug-likeness (QED) is 0.830. The number of nitrogens with zero attached hydrogens (tertiary/aromatic N) is 4. The van der Waals surface area contributed by atoms with Crippen LogP contribution in [0.3, 0.4) is 0 Å². The summed E-state index contributed by atoms with van der Waals surface area (Å²) in [6.07, 6.45) is 4.44. The van der Waals surface area contributed by atoms with Crippen LogP contribution in [-0.2, 0) is 4.74 Å². The van der Waals surface area contributed by atoms with E-state index in [4.69, 9.17) is 4.74 Å². The SMILES string of the molecule is CCOC(=O)N1CCC(Nc2ccc(NC(=O)c3cccnc3)nn2)CC1. The first kappa shape index (κ1) is 18.6. The van der Waals surface area contributed by atoms with E-state index in [2.05, 4.69) is 25.8 Å². The number of aromatic nitrogens is 3. The van der Waals surface area contributed by atoms with Crippen LogP contribution in [0.25, 0.3) is 0 Å². The number of hydrogen-bond acceptors (Lipinski definition) is 7. The van der Waals surface area contributed by atoms with Crippen molar-refractivity contribution in [1.29, 1.82) is 0 Å². The van der Waals surface area contributed by atoms with Crippen molar-refractivity contribution in [3.05, 3.63) is 42.2 Å². The van der Waals surface area contributed by atoms with Gasteiger partial charge in [-0.1, -0.05) is 0 Å². The fraction of sp³-hybridized carbons (Fsp3) is 0.389. The summed E-state index contributed by atoms with van der Waals surface area (Å²) in [6.45, 7) is 3.47. The number of carbonyl (C=O) groups is 2. The maximum absolute atomic E-state index is 12.1. The van der Waals surface area contributed by atoms with E-state index >= 15 is 0 Å². The fourth-order valence-corrected chi connectivity index (χ4v) is 2.79. The van der Waals surface area contributed by atoms with E-state index in [1.807, 2.05) is 0 Å². The van der Waals surface area contributed by atoms with Crippen molar-refractivity contribution in [2.24, 2.45) is 0 Å². The molecular weight excluding hydrogens is 348 g/mol. The first-order valence-electron chi connectivity index (χ1n) is 8.89. The van der Waals surface area contributed by atoms with Gasteiger partial charge in [0.1, 0.15) is 5.82 Å². The zero-order valence-electron chi connectivity index (χ0n) is 15.1. The predicted octanol–water partition coefficient (Wildman–Crippen LogP) is 2.16. The molecule has 1 saturated heterocycles. The normalized spacial score (nSPS) is 14.5. The molecule has 9 heteroatoms. The van der Waals surface area contributed by atoms with E-state index in [0.29, 0.717) is 36.9 Å². The van der Waals surface area contributed by atoms with Crippen molar-refractivity contribution >= 4 is 23.6 Å². The molecule has 27 heavy (non-hydrogen) atoms. The van der Waals surface area contributed by atoms with Gasteiger partial charge < -0.3 is 20.3 Å². The summed E-state index contributed by atoms with van der Waals surface area (Å²) in [6, 6.07) is 7.04. The summed E-state index contributed by atoms with van der Waals surface area (Å²) in [5, 5.41) is 14.1. The summed E-state index contributed by atoms with van der Waals surface area (Å²) in [4.78, 5) is 29.4.